The van der Waals surface area contributed by atoms with Gasteiger partial charge in [-0.2, -0.15) is 5.10 Å². The van der Waals surface area contributed by atoms with E-state index in [2.05, 4.69) is 21.2 Å². The molecule has 3 aromatic carbocycles. The van der Waals surface area contributed by atoms with Gasteiger partial charge in [-0.05, 0) is 49.2 Å². The van der Waals surface area contributed by atoms with Crippen LogP contribution in [0.2, 0.25) is 10.0 Å². The average molecular weight is 642 g/mol. The van der Waals surface area contributed by atoms with E-state index in [1.165, 1.54) is 13.3 Å². The van der Waals surface area contributed by atoms with Crippen molar-refractivity contribution in [2.75, 3.05) is 20.3 Å². The second-order valence-electron chi connectivity index (χ2n) is 9.36. The Morgan fingerprint density at radius 2 is 1.82 bits per heavy atom. The molecule has 11 nitrogen and oxygen atoms in total. The second-order valence-corrected chi connectivity index (χ2v) is 10.2. The summed E-state index contributed by atoms with van der Waals surface area (Å²) >= 11 is 12.5. The van der Waals surface area contributed by atoms with Gasteiger partial charge in [0.25, 0.3) is 5.91 Å². The Labute approximate surface area is 264 Å². The van der Waals surface area contributed by atoms with Gasteiger partial charge in [0.2, 0.25) is 0 Å². The molecule has 0 fully saturated rings. The highest BCUT2D eigenvalue weighted by Crippen LogP contribution is 2.35. The highest BCUT2D eigenvalue weighted by atomic mass is 35.5. The molecule has 0 aliphatic carbocycles. The lowest BCUT2D eigenvalue weighted by Crippen LogP contribution is -2.45. The number of carbonyl (C=O) groups is 3. The molecule has 0 saturated carbocycles. The summed E-state index contributed by atoms with van der Waals surface area (Å²) in [6.45, 7) is 3.37. The van der Waals surface area contributed by atoms with Crippen molar-refractivity contribution in [2.45, 2.75) is 26.5 Å². The van der Waals surface area contributed by atoms with Crippen LogP contribution in [0, 0.1) is 0 Å². The van der Waals surface area contributed by atoms with Crippen molar-refractivity contribution in [2.24, 2.45) is 5.10 Å². The van der Waals surface area contributed by atoms with E-state index in [1.54, 1.807) is 44.2 Å². The summed E-state index contributed by atoms with van der Waals surface area (Å²) in [6, 6.07) is 16.3. The number of urea groups is 1. The molecule has 0 saturated heterocycles. The second kappa shape index (κ2) is 15.1. The van der Waals surface area contributed by atoms with Crippen LogP contribution in [0.3, 0.4) is 0 Å². The monoisotopic (exact) mass is 640 g/mol. The van der Waals surface area contributed by atoms with Gasteiger partial charge < -0.3 is 29.6 Å². The highest BCUT2D eigenvalue weighted by Gasteiger charge is 2.32. The van der Waals surface area contributed by atoms with E-state index >= 15 is 0 Å². The van der Waals surface area contributed by atoms with Crippen molar-refractivity contribution in [3.8, 4) is 17.2 Å². The lowest BCUT2D eigenvalue weighted by molar-refractivity contribution is -0.139. The van der Waals surface area contributed by atoms with Gasteiger partial charge in [-0.3, -0.25) is 4.79 Å². The van der Waals surface area contributed by atoms with Crippen molar-refractivity contribution in [3.63, 3.8) is 0 Å². The summed E-state index contributed by atoms with van der Waals surface area (Å²) in [4.78, 5) is 37.3. The van der Waals surface area contributed by atoms with Gasteiger partial charge in [-0.25, -0.2) is 15.0 Å². The van der Waals surface area contributed by atoms with Crippen LogP contribution in [-0.2, 0) is 20.9 Å². The molecule has 13 heteroatoms. The zero-order chi connectivity index (χ0) is 31.6. The summed E-state index contributed by atoms with van der Waals surface area (Å²) in [5.41, 5.74) is 4.99. The van der Waals surface area contributed by atoms with E-state index in [9.17, 15) is 14.4 Å². The van der Waals surface area contributed by atoms with E-state index in [-0.39, 0.29) is 30.3 Å². The van der Waals surface area contributed by atoms with Crippen molar-refractivity contribution in [1.82, 2.24) is 16.1 Å². The number of halogens is 2. The fraction of sp³-hybridized carbons (Fsp3) is 0.226. The first-order valence-corrected chi connectivity index (χ1v) is 14.2. The minimum Gasteiger partial charge on any atom is -0.493 e. The Balaban J connectivity index is 1.41. The predicted octanol–water partition coefficient (Wildman–Crippen LogP) is 5.30. The molecule has 230 valence electrons. The number of nitrogens with one attached hydrogen (secondary N) is 3. The zero-order valence-electron chi connectivity index (χ0n) is 24.1. The number of methoxy groups -OCH3 is 1. The number of benzene rings is 3. The SMILES string of the molecule is CCOC(=O)C1=C(C)NC(=O)N[C@H]1c1ccc(OCC(=O)N/N=C/c2cc(Cl)cc(Cl)c2OCc2ccccc2)c(OC)c1. The molecule has 3 amide bonds. The van der Waals surface area contributed by atoms with E-state index in [1.807, 2.05) is 30.3 Å². The van der Waals surface area contributed by atoms with Crippen LogP contribution >= 0.6 is 23.2 Å². The van der Waals surface area contributed by atoms with Crippen LogP contribution in [-0.4, -0.2) is 44.4 Å². The Hall–Kier alpha value is -4.74. The normalized spacial score (nSPS) is 14.5. The molecule has 0 spiro atoms. The number of nitrogens with zero attached hydrogens (tertiary/aromatic N) is 1. The number of amides is 3. The van der Waals surface area contributed by atoms with Crippen LogP contribution in [0.4, 0.5) is 4.79 Å². The maximum Gasteiger partial charge on any atom is 0.338 e. The van der Waals surface area contributed by atoms with Crippen molar-refractivity contribution < 1.29 is 33.3 Å². The van der Waals surface area contributed by atoms with Crippen LogP contribution in [0.25, 0.3) is 0 Å². The number of hydrogen-bond donors (Lipinski definition) is 3. The third-order valence-electron chi connectivity index (χ3n) is 6.30. The molecule has 1 heterocycles. The van der Waals surface area contributed by atoms with Crippen LogP contribution in [0.15, 0.2) is 77.0 Å². The van der Waals surface area contributed by atoms with Gasteiger partial charge in [0.1, 0.15) is 12.4 Å². The number of hydrazone groups is 1. The standard InChI is InChI=1S/C31H30Cl2N4O7/c1-4-42-30(39)27-18(2)35-31(40)36-28(27)20-10-11-24(25(13-20)41-3)43-17-26(38)37-34-15-21-12-22(32)14-23(33)29(21)44-16-19-8-6-5-7-9-19/h5-15,28H,4,16-17H2,1-3H3,(H,37,38)(H2,35,36,40)/b34-15+/t28-/m0/s1. The molecule has 0 aromatic heterocycles. The Bertz CT molecular complexity index is 1600. The number of hydrogen-bond acceptors (Lipinski definition) is 8. The first kappa shape index (κ1) is 32.2. The maximum absolute atomic E-state index is 12.6. The van der Waals surface area contributed by atoms with Gasteiger partial charge in [0.05, 0.1) is 36.6 Å². The zero-order valence-corrected chi connectivity index (χ0v) is 25.6. The van der Waals surface area contributed by atoms with E-state index in [0.717, 1.165) is 5.56 Å². The molecule has 44 heavy (non-hydrogen) atoms. The molecule has 3 N–H and O–H groups in total. The van der Waals surface area contributed by atoms with Gasteiger partial charge in [0, 0.05) is 16.3 Å². The smallest absolute Gasteiger partial charge is 0.338 e. The van der Waals surface area contributed by atoms with Crippen LogP contribution in [0.1, 0.15) is 36.6 Å². The third kappa shape index (κ3) is 8.21. The maximum atomic E-state index is 12.6. The average Bonchev–Trinajstić information content (AvgIpc) is 2.99. The molecule has 0 radical (unpaired) electrons. The third-order valence-corrected chi connectivity index (χ3v) is 6.80. The number of ether oxygens (including phenoxy) is 4. The van der Waals surface area contributed by atoms with Crippen molar-refractivity contribution in [3.05, 3.63) is 98.7 Å². The molecule has 1 aliphatic heterocycles. The predicted molar refractivity (Wildman–Crippen MR) is 165 cm³/mol. The van der Waals surface area contributed by atoms with Gasteiger partial charge in [-0.1, -0.05) is 59.6 Å². The van der Waals surface area contributed by atoms with E-state index in [0.29, 0.717) is 32.6 Å². The first-order chi connectivity index (χ1) is 21.2. The molecule has 0 bridgehead atoms. The quantitative estimate of drug-likeness (QED) is 0.139. The van der Waals surface area contributed by atoms with E-state index < -0.39 is 30.6 Å². The lowest BCUT2D eigenvalue weighted by Gasteiger charge is -2.28. The van der Waals surface area contributed by atoms with Gasteiger partial charge in [0.15, 0.2) is 18.1 Å². The molecule has 1 atom stereocenters. The lowest BCUT2D eigenvalue weighted by atomic mass is 9.95. The Morgan fingerprint density at radius 1 is 1.05 bits per heavy atom. The molecule has 3 aromatic rings. The summed E-state index contributed by atoms with van der Waals surface area (Å²) in [5.74, 6) is -0.219. The number of carbonyl (C=O) groups excluding carboxylic acids is 3. The van der Waals surface area contributed by atoms with Crippen molar-refractivity contribution in [1.29, 1.82) is 0 Å². The molecule has 4 rings (SSSR count). The molecule has 0 unspecified atom stereocenters. The Morgan fingerprint density at radius 3 is 2.55 bits per heavy atom. The summed E-state index contributed by atoms with van der Waals surface area (Å²) in [6.07, 6.45) is 1.37. The molecule has 1 aliphatic rings. The minimum atomic E-state index is -0.787. The number of rotatable bonds is 12. The van der Waals surface area contributed by atoms with Gasteiger partial charge >= 0.3 is 12.0 Å². The van der Waals surface area contributed by atoms with E-state index in [4.69, 9.17) is 42.1 Å². The fourth-order valence-corrected chi connectivity index (χ4v) is 4.88. The summed E-state index contributed by atoms with van der Waals surface area (Å²) < 4.78 is 22.2. The topological polar surface area (TPSA) is 137 Å². The minimum absolute atomic E-state index is 0.175. The fourth-order valence-electron chi connectivity index (χ4n) is 4.31. The molecular formula is C31H30Cl2N4O7. The van der Waals surface area contributed by atoms with Gasteiger partial charge in [-0.15, -0.1) is 0 Å². The number of allylic oxidation sites excluding steroid dienone is 1. The summed E-state index contributed by atoms with van der Waals surface area (Å²) in [7, 11) is 1.43. The van der Waals surface area contributed by atoms with Crippen molar-refractivity contribution >= 4 is 47.3 Å². The summed E-state index contributed by atoms with van der Waals surface area (Å²) in [5, 5.41) is 9.98. The largest absolute Gasteiger partial charge is 0.493 e. The number of esters is 1. The Kier molecular flexibility index (Phi) is 11.1. The first-order valence-electron chi connectivity index (χ1n) is 13.4. The highest BCUT2D eigenvalue weighted by molar-refractivity contribution is 6.36. The van der Waals surface area contributed by atoms with Crippen LogP contribution < -0.4 is 30.3 Å². The van der Waals surface area contributed by atoms with Crippen LogP contribution in [0.5, 0.6) is 17.2 Å². The molecular weight excluding hydrogens is 611 g/mol.